The normalized spacial score (nSPS) is 19.0. The van der Waals surface area contributed by atoms with Gasteiger partial charge in [-0.1, -0.05) is 65.2 Å². The maximum Gasteiger partial charge on any atom is 0.243 e. The molecule has 0 spiro atoms. The van der Waals surface area contributed by atoms with Gasteiger partial charge in [-0.25, -0.2) is 0 Å². The Kier molecular flexibility index (Phi) is 9.11. The fourth-order valence-electron chi connectivity index (χ4n) is 2.95. The van der Waals surface area contributed by atoms with E-state index in [1.165, 1.54) is 38.5 Å². The average Bonchev–Trinajstić information content (AvgIpc) is 2.48. The number of nitrogens with zero attached hydrogens (tertiary/aromatic N) is 1. The minimum atomic E-state index is -0.235. The summed E-state index contributed by atoms with van der Waals surface area (Å²) < 4.78 is 0. The molecule has 0 aromatic carbocycles. The van der Waals surface area contributed by atoms with Gasteiger partial charge in [-0.15, -0.1) is 0 Å². The second-order valence-electron chi connectivity index (χ2n) is 6.08. The highest BCUT2D eigenvalue weighted by molar-refractivity contribution is 5.94. The van der Waals surface area contributed by atoms with Crippen molar-refractivity contribution in [2.24, 2.45) is 0 Å². The molecule has 1 atom stereocenters. The molecule has 1 heterocycles. The van der Waals surface area contributed by atoms with Crippen molar-refractivity contribution < 1.29 is 9.59 Å². The van der Waals surface area contributed by atoms with Crippen molar-refractivity contribution in [1.29, 1.82) is 0 Å². The lowest BCUT2D eigenvalue weighted by atomic mass is 10.0. The van der Waals surface area contributed by atoms with E-state index in [0.29, 0.717) is 0 Å². The summed E-state index contributed by atoms with van der Waals surface area (Å²) in [6, 6.07) is -0.235. The van der Waals surface area contributed by atoms with Gasteiger partial charge in [-0.2, -0.15) is 0 Å². The summed E-state index contributed by atoms with van der Waals surface area (Å²) in [5.41, 5.74) is 0. The Morgan fingerprint density at radius 3 is 2.19 bits per heavy atom. The zero-order valence-corrected chi connectivity index (χ0v) is 13.8. The first kappa shape index (κ1) is 18.0. The van der Waals surface area contributed by atoms with Gasteiger partial charge in [0.15, 0.2) is 0 Å². The van der Waals surface area contributed by atoms with Gasteiger partial charge in [0, 0.05) is 6.54 Å². The molecular weight excluding hydrogens is 264 g/mol. The van der Waals surface area contributed by atoms with Crippen LogP contribution in [-0.2, 0) is 9.59 Å². The Morgan fingerprint density at radius 2 is 1.57 bits per heavy atom. The molecule has 0 aliphatic carbocycles. The highest BCUT2D eigenvalue weighted by Gasteiger charge is 2.32. The summed E-state index contributed by atoms with van der Waals surface area (Å²) >= 11 is 0. The van der Waals surface area contributed by atoms with Crippen LogP contribution >= 0.6 is 0 Å². The van der Waals surface area contributed by atoms with Gasteiger partial charge in [-0.05, 0) is 12.8 Å². The van der Waals surface area contributed by atoms with Crippen LogP contribution in [-0.4, -0.2) is 35.8 Å². The van der Waals surface area contributed by atoms with Crippen molar-refractivity contribution in [3.8, 4) is 0 Å². The van der Waals surface area contributed by atoms with Crippen molar-refractivity contribution >= 4 is 11.8 Å². The first-order valence-electron chi connectivity index (χ1n) is 8.77. The smallest absolute Gasteiger partial charge is 0.243 e. The van der Waals surface area contributed by atoms with Gasteiger partial charge in [0.1, 0.15) is 6.04 Å². The van der Waals surface area contributed by atoms with E-state index in [0.717, 1.165) is 32.2 Å². The molecular formula is C17H32N2O2. The van der Waals surface area contributed by atoms with Gasteiger partial charge >= 0.3 is 0 Å². The molecule has 0 radical (unpaired) electrons. The van der Waals surface area contributed by atoms with E-state index in [-0.39, 0.29) is 24.4 Å². The number of unbranched alkanes of at least 4 members (excludes halogenated alkanes) is 7. The van der Waals surface area contributed by atoms with E-state index in [4.69, 9.17) is 0 Å². The summed E-state index contributed by atoms with van der Waals surface area (Å²) in [4.78, 5) is 25.7. The van der Waals surface area contributed by atoms with Crippen LogP contribution in [0.1, 0.15) is 78.1 Å². The van der Waals surface area contributed by atoms with Crippen molar-refractivity contribution in [3.05, 3.63) is 0 Å². The number of rotatable bonds is 11. The quantitative estimate of drug-likeness (QED) is 0.595. The molecule has 2 amide bonds. The Bertz CT molecular complexity index is 318. The van der Waals surface area contributed by atoms with Crippen LogP contribution < -0.4 is 5.32 Å². The average molecular weight is 296 g/mol. The van der Waals surface area contributed by atoms with Crippen LogP contribution in [0.15, 0.2) is 0 Å². The zero-order valence-electron chi connectivity index (χ0n) is 13.8. The second-order valence-corrected chi connectivity index (χ2v) is 6.08. The fourth-order valence-corrected chi connectivity index (χ4v) is 2.95. The molecule has 122 valence electrons. The highest BCUT2D eigenvalue weighted by Crippen LogP contribution is 2.14. The molecule has 0 saturated carbocycles. The summed E-state index contributed by atoms with van der Waals surface area (Å²) in [6.45, 7) is 5.21. The fraction of sp³-hybridized carbons (Fsp3) is 0.882. The largest absolute Gasteiger partial charge is 0.345 e. The topological polar surface area (TPSA) is 49.4 Å². The van der Waals surface area contributed by atoms with Crippen molar-refractivity contribution in [1.82, 2.24) is 10.2 Å². The molecule has 0 aromatic heterocycles. The first-order valence-corrected chi connectivity index (χ1v) is 8.77. The molecule has 1 saturated heterocycles. The van der Waals surface area contributed by atoms with Gasteiger partial charge in [0.25, 0.3) is 0 Å². The van der Waals surface area contributed by atoms with E-state index in [2.05, 4.69) is 19.2 Å². The number of piperazine rings is 1. The first-order chi connectivity index (χ1) is 10.2. The van der Waals surface area contributed by atoms with Crippen molar-refractivity contribution in [2.75, 3.05) is 13.1 Å². The van der Waals surface area contributed by atoms with Crippen LogP contribution in [0.3, 0.4) is 0 Å². The molecule has 21 heavy (non-hydrogen) atoms. The van der Waals surface area contributed by atoms with Crippen molar-refractivity contribution in [2.45, 2.75) is 84.1 Å². The SMILES string of the molecule is CCCCCCCCCCN1C(=O)CNC(=O)C1CCC. The molecule has 1 rings (SSSR count). The third-order valence-corrected chi connectivity index (χ3v) is 4.23. The lowest BCUT2D eigenvalue weighted by Crippen LogP contribution is -2.58. The predicted octanol–water partition coefficient (Wildman–Crippen LogP) is 3.25. The summed E-state index contributed by atoms with van der Waals surface area (Å²) in [6.07, 6.45) is 11.7. The summed E-state index contributed by atoms with van der Waals surface area (Å²) in [5, 5.41) is 2.70. The zero-order chi connectivity index (χ0) is 15.5. The number of hydrogen-bond acceptors (Lipinski definition) is 2. The lowest BCUT2D eigenvalue weighted by Gasteiger charge is -2.35. The van der Waals surface area contributed by atoms with Gasteiger partial charge in [0.2, 0.25) is 11.8 Å². The summed E-state index contributed by atoms with van der Waals surface area (Å²) in [7, 11) is 0. The van der Waals surface area contributed by atoms with Crippen LogP contribution in [0.5, 0.6) is 0 Å². The molecule has 0 bridgehead atoms. The van der Waals surface area contributed by atoms with Gasteiger partial charge < -0.3 is 10.2 Å². The lowest BCUT2D eigenvalue weighted by molar-refractivity contribution is -0.145. The number of amides is 2. The van der Waals surface area contributed by atoms with Crippen LogP contribution in [0.2, 0.25) is 0 Å². The van der Waals surface area contributed by atoms with E-state index in [1.807, 2.05) is 0 Å². The van der Waals surface area contributed by atoms with E-state index < -0.39 is 0 Å². The molecule has 1 N–H and O–H groups in total. The highest BCUT2D eigenvalue weighted by atomic mass is 16.2. The van der Waals surface area contributed by atoms with Gasteiger partial charge in [0.05, 0.1) is 6.54 Å². The molecule has 0 aromatic rings. The summed E-state index contributed by atoms with van der Waals surface area (Å²) in [5.74, 6) is 0.104. The molecule has 1 aliphatic rings. The third kappa shape index (κ3) is 6.49. The molecule has 1 aliphatic heterocycles. The number of nitrogens with one attached hydrogen (secondary N) is 1. The molecule has 4 nitrogen and oxygen atoms in total. The van der Waals surface area contributed by atoms with Crippen LogP contribution in [0.4, 0.5) is 0 Å². The second kappa shape index (κ2) is 10.6. The number of carbonyl (C=O) groups excluding carboxylic acids is 2. The maximum absolute atomic E-state index is 12.0. The van der Waals surface area contributed by atoms with E-state index in [9.17, 15) is 9.59 Å². The van der Waals surface area contributed by atoms with Gasteiger partial charge in [-0.3, -0.25) is 9.59 Å². The van der Waals surface area contributed by atoms with E-state index in [1.54, 1.807) is 4.90 Å². The standard InChI is InChI=1S/C17H32N2O2/c1-3-5-6-7-8-9-10-11-13-19-15(12-4-2)17(21)18-14-16(19)20/h15H,3-14H2,1-2H3,(H,18,21). The monoisotopic (exact) mass is 296 g/mol. The minimum absolute atomic E-state index is 0.0241. The van der Waals surface area contributed by atoms with Crippen molar-refractivity contribution in [3.63, 3.8) is 0 Å². The molecule has 1 fully saturated rings. The van der Waals surface area contributed by atoms with Crippen LogP contribution in [0, 0.1) is 0 Å². The maximum atomic E-state index is 12.0. The predicted molar refractivity (Wildman–Crippen MR) is 86.0 cm³/mol. The molecule has 4 heteroatoms. The Labute approximate surface area is 129 Å². The van der Waals surface area contributed by atoms with E-state index >= 15 is 0 Å². The third-order valence-electron chi connectivity index (χ3n) is 4.23. The molecule has 1 unspecified atom stereocenters. The minimum Gasteiger partial charge on any atom is -0.345 e. The Morgan fingerprint density at radius 1 is 0.952 bits per heavy atom. The Balaban J connectivity index is 2.21. The Hall–Kier alpha value is -1.06. The number of carbonyl (C=O) groups is 2. The van der Waals surface area contributed by atoms with Crippen LogP contribution in [0.25, 0.3) is 0 Å². The number of hydrogen-bond donors (Lipinski definition) is 1.